The number of sulfone groups is 1. The molecule has 2 N–H and O–H groups in total. The van der Waals surface area contributed by atoms with Crippen LogP contribution in [0, 0.1) is 0 Å². The molecule has 3 aliphatic heterocycles. The van der Waals surface area contributed by atoms with Gasteiger partial charge in [-0.15, -0.1) is 0 Å². The molecule has 6 rings (SSSR count). The predicted molar refractivity (Wildman–Crippen MR) is 124 cm³/mol. The van der Waals surface area contributed by atoms with Crippen LogP contribution < -0.4 is 15.5 Å². The Balaban J connectivity index is 1.35. The van der Waals surface area contributed by atoms with Crippen LogP contribution in [0.25, 0.3) is 11.4 Å². The first kappa shape index (κ1) is 20.9. The van der Waals surface area contributed by atoms with Gasteiger partial charge in [0.25, 0.3) is 0 Å². The van der Waals surface area contributed by atoms with Gasteiger partial charge in [-0.05, 0) is 56.9 Å². The fraction of sp³-hybridized carbons (Fsp3) is 0.522. The third kappa shape index (κ3) is 3.74. The lowest BCUT2D eigenvalue weighted by Crippen LogP contribution is -2.47. The van der Waals surface area contributed by atoms with Crippen LogP contribution in [0.4, 0.5) is 16.3 Å². The number of rotatable bonds is 4. The number of anilines is 2. The topological polar surface area (TPSA) is 114 Å². The first-order valence-electron chi connectivity index (χ1n) is 11.6. The highest BCUT2D eigenvalue weighted by molar-refractivity contribution is 7.91. The number of carbonyl (C=O) groups excluding carboxylic acids is 1. The van der Waals surface area contributed by atoms with Crippen LogP contribution in [-0.2, 0) is 20.3 Å². The Hall–Kier alpha value is -2.72. The van der Waals surface area contributed by atoms with Crippen molar-refractivity contribution in [3.05, 3.63) is 35.5 Å². The molecular formula is C23H27N5O4S. The maximum absolute atomic E-state index is 12.8. The molecule has 2 aromatic rings. The number of hydrogen-bond donors (Lipinski definition) is 2. The second-order valence-electron chi connectivity index (χ2n) is 9.46. The number of nitrogens with zero attached hydrogens (tertiary/aromatic N) is 3. The Morgan fingerprint density at radius 2 is 1.76 bits per heavy atom. The van der Waals surface area contributed by atoms with Crippen LogP contribution >= 0.6 is 0 Å². The summed E-state index contributed by atoms with van der Waals surface area (Å²) in [5.74, 6) is 1.19. The number of carbonyl (C=O) groups is 1. The molecule has 1 aromatic carbocycles. The molecule has 10 heteroatoms. The Morgan fingerprint density at radius 3 is 2.42 bits per heavy atom. The van der Waals surface area contributed by atoms with Crippen molar-refractivity contribution >= 4 is 27.4 Å². The van der Waals surface area contributed by atoms with Crippen molar-refractivity contribution < 1.29 is 17.9 Å². The zero-order chi connectivity index (χ0) is 22.7. The van der Waals surface area contributed by atoms with Gasteiger partial charge in [0.15, 0.2) is 15.7 Å². The van der Waals surface area contributed by atoms with Gasteiger partial charge < -0.3 is 20.3 Å². The maximum atomic E-state index is 12.8. The lowest BCUT2D eigenvalue weighted by Gasteiger charge is -2.37. The van der Waals surface area contributed by atoms with Gasteiger partial charge in [-0.1, -0.05) is 0 Å². The molecule has 174 valence electrons. The van der Waals surface area contributed by atoms with E-state index in [2.05, 4.69) is 20.5 Å². The number of fused-ring (bicyclic) bond motifs is 3. The predicted octanol–water partition coefficient (Wildman–Crippen LogP) is 2.78. The largest absolute Gasteiger partial charge is 0.377 e. The van der Waals surface area contributed by atoms with E-state index in [0.717, 1.165) is 42.6 Å². The summed E-state index contributed by atoms with van der Waals surface area (Å²) in [5.41, 5.74) is 2.80. The number of morpholine rings is 1. The zero-order valence-corrected chi connectivity index (χ0v) is 19.3. The highest BCUT2D eigenvalue weighted by Gasteiger charge is 2.44. The molecule has 0 spiro atoms. The summed E-state index contributed by atoms with van der Waals surface area (Å²) >= 11 is 0. The highest BCUT2D eigenvalue weighted by atomic mass is 32.2. The van der Waals surface area contributed by atoms with E-state index in [4.69, 9.17) is 9.72 Å². The summed E-state index contributed by atoms with van der Waals surface area (Å²) < 4.78 is 31.2. The average molecular weight is 470 g/mol. The molecule has 1 aromatic heterocycles. The molecule has 3 fully saturated rings. The first-order valence-corrected chi connectivity index (χ1v) is 13.3. The Kier molecular flexibility index (Phi) is 4.84. The van der Waals surface area contributed by atoms with Gasteiger partial charge in [-0.25, -0.2) is 23.2 Å². The van der Waals surface area contributed by atoms with E-state index in [9.17, 15) is 13.2 Å². The van der Waals surface area contributed by atoms with Crippen molar-refractivity contribution in [2.45, 2.75) is 61.7 Å². The third-order valence-electron chi connectivity index (χ3n) is 7.09. The SMILES string of the molecule is CC1c2c(nc(-c3ccc(NC(=O)NC4CC4)cc3)nc2N2C3CCC2COC3)CS1(=O)=O. The second kappa shape index (κ2) is 7.66. The summed E-state index contributed by atoms with van der Waals surface area (Å²) in [4.78, 5) is 23.9. The molecule has 2 saturated heterocycles. The molecule has 2 amide bonds. The molecule has 4 heterocycles. The van der Waals surface area contributed by atoms with E-state index < -0.39 is 15.1 Å². The van der Waals surface area contributed by atoms with E-state index in [-0.39, 0.29) is 29.9 Å². The van der Waals surface area contributed by atoms with E-state index in [1.165, 1.54) is 0 Å². The fourth-order valence-corrected chi connectivity index (χ4v) is 6.56. The minimum absolute atomic E-state index is 0.0628. The summed E-state index contributed by atoms with van der Waals surface area (Å²) in [6, 6.07) is 7.86. The monoisotopic (exact) mass is 469 g/mol. The molecule has 2 bridgehead atoms. The maximum Gasteiger partial charge on any atom is 0.319 e. The third-order valence-corrected chi connectivity index (χ3v) is 9.07. The quantitative estimate of drug-likeness (QED) is 0.708. The number of aromatic nitrogens is 2. The molecule has 4 aliphatic rings. The minimum atomic E-state index is -3.30. The van der Waals surface area contributed by atoms with Crippen molar-refractivity contribution in [3.63, 3.8) is 0 Å². The van der Waals surface area contributed by atoms with Gasteiger partial charge in [-0.3, -0.25) is 0 Å². The molecule has 0 radical (unpaired) electrons. The number of ether oxygens (including phenoxy) is 1. The van der Waals surface area contributed by atoms with Crippen LogP contribution in [0.2, 0.25) is 0 Å². The zero-order valence-electron chi connectivity index (χ0n) is 18.5. The van der Waals surface area contributed by atoms with Crippen molar-refractivity contribution in [1.29, 1.82) is 0 Å². The molecular weight excluding hydrogens is 442 g/mol. The van der Waals surface area contributed by atoms with Crippen molar-refractivity contribution in [3.8, 4) is 11.4 Å². The Labute approximate surface area is 192 Å². The molecule has 3 unspecified atom stereocenters. The number of urea groups is 1. The van der Waals surface area contributed by atoms with Gasteiger partial charge in [0.1, 0.15) is 5.82 Å². The molecule has 1 saturated carbocycles. The van der Waals surface area contributed by atoms with E-state index in [1.807, 2.05) is 24.3 Å². The summed E-state index contributed by atoms with van der Waals surface area (Å²) in [6.45, 7) is 3.01. The number of amides is 2. The average Bonchev–Trinajstić information content (AvgIpc) is 3.51. The molecule has 33 heavy (non-hydrogen) atoms. The lowest BCUT2D eigenvalue weighted by molar-refractivity contribution is 0.0901. The summed E-state index contributed by atoms with van der Waals surface area (Å²) in [7, 11) is -3.30. The van der Waals surface area contributed by atoms with Gasteiger partial charge >= 0.3 is 6.03 Å². The molecule has 1 aliphatic carbocycles. The van der Waals surface area contributed by atoms with Gasteiger partial charge in [0.05, 0.1) is 42.0 Å². The van der Waals surface area contributed by atoms with Crippen molar-refractivity contribution in [2.24, 2.45) is 0 Å². The standard InChI is InChI=1S/C23H27N5O4S/c1-13-20-19(12-33(13,30)31)26-21(27-22(20)28-17-8-9-18(28)11-32-10-17)14-2-4-15(5-3-14)24-23(29)25-16-6-7-16/h2-5,13,16-18H,6-12H2,1H3,(H2,24,25,29). The first-order chi connectivity index (χ1) is 15.9. The van der Waals surface area contributed by atoms with Crippen LogP contribution in [0.1, 0.15) is 49.1 Å². The normalized spacial score (nSPS) is 27.3. The Morgan fingerprint density at radius 1 is 1.06 bits per heavy atom. The number of nitrogens with one attached hydrogen (secondary N) is 2. The number of benzene rings is 1. The Bertz CT molecular complexity index is 1200. The second-order valence-corrected chi connectivity index (χ2v) is 11.8. The van der Waals surface area contributed by atoms with Crippen LogP contribution in [0.5, 0.6) is 0 Å². The smallest absolute Gasteiger partial charge is 0.319 e. The molecule has 9 nitrogen and oxygen atoms in total. The highest BCUT2D eigenvalue weighted by Crippen LogP contribution is 2.44. The van der Waals surface area contributed by atoms with E-state index >= 15 is 0 Å². The van der Waals surface area contributed by atoms with E-state index in [0.29, 0.717) is 30.4 Å². The van der Waals surface area contributed by atoms with Gasteiger partial charge in [0.2, 0.25) is 0 Å². The number of hydrogen-bond acceptors (Lipinski definition) is 7. The van der Waals surface area contributed by atoms with Crippen LogP contribution in [0.3, 0.4) is 0 Å². The summed E-state index contributed by atoms with van der Waals surface area (Å²) in [5, 5.41) is 5.12. The van der Waals surface area contributed by atoms with Crippen molar-refractivity contribution in [2.75, 3.05) is 23.4 Å². The van der Waals surface area contributed by atoms with Crippen molar-refractivity contribution in [1.82, 2.24) is 15.3 Å². The molecule has 3 atom stereocenters. The lowest BCUT2D eigenvalue weighted by atomic mass is 10.1. The fourth-order valence-electron chi connectivity index (χ4n) is 5.11. The van der Waals surface area contributed by atoms with E-state index in [1.54, 1.807) is 6.92 Å². The van der Waals surface area contributed by atoms with Gasteiger partial charge in [-0.2, -0.15) is 0 Å². The van der Waals surface area contributed by atoms with Gasteiger partial charge in [0, 0.05) is 22.9 Å². The summed E-state index contributed by atoms with van der Waals surface area (Å²) in [6.07, 6.45) is 4.10. The van der Waals surface area contributed by atoms with Crippen LogP contribution in [-0.4, -0.2) is 55.8 Å². The van der Waals surface area contributed by atoms with Crippen LogP contribution in [0.15, 0.2) is 24.3 Å². The minimum Gasteiger partial charge on any atom is -0.377 e.